The summed E-state index contributed by atoms with van der Waals surface area (Å²) in [6.07, 6.45) is 8.45. The van der Waals surface area contributed by atoms with E-state index in [1.54, 1.807) is 16.8 Å². The van der Waals surface area contributed by atoms with Gasteiger partial charge in [0.2, 0.25) is 15.9 Å². The molecule has 5 N–H and O–H groups in total. The predicted molar refractivity (Wildman–Crippen MR) is 135 cm³/mol. The quantitative estimate of drug-likeness (QED) is 0.288. The summed E-state index contributed by atoms with van der Waals surface area (Å²) in [5.41, 5.74) is 0.980. The Morgan fingerprint density at radius 3 is 2.56 bits per heavy atom. The second-order valence-corrected chi connectivity index (χ2v) is 12.0. The van der Waals surface area contributed by atoms with Crippen LogP contribution in [-0.2, 0) is 10.0 Å². The van der Waals surface area contributed by atoms with E-state index in [4.69, 9.17) is 9.98 Å². The van der Waals surface area contributed by atoms with Crippen molar-refractivity contribution >= 4 is 27.6 Å². The SMILES string of the molecule is CC(C)CS(=O)(=O)NC1CCC(Nc2cc(=NC3CC3)n3nc/c(=C\c4[nH]c(=O)[nH]c4O)c3n2)CC1. The van der Waals surface area contributed by atoms with E-state index in [2.05, 4.69) is 25.1 Å². The highest BCUT2D eigenvalue weighted by Crippen LogP contribution is 2.24. The van der Waals surface area contributed by atoms with Crippen LogP contribution in [0.5, 0.6) is 5.88 Å². The van der Waals surface area contributed by atoms with Crippen LogP contribution in [0.3, 0.4) is 0 Å². The average molecular weight is 517 g/mol. The second-order valence-electron chi connectivity index (χ2n) is 10.2. The summed E-state index contributed by atoms with van der Waals surface area (Å²) in [7, 11) is -3.27. The Morgan fingerprint density at radius 1 is 1.19 bits per heavy atom. The Morgan fingerprint density at radius 2 is 1.92 bits per heavy atom. The Kier molecular flexibility index (Phi) is 6.60. The molecule has 12 nitrogen and oxygen atoms in total. The summed E-state index contributed by atoms with van der Waals surface area (Å²) in [6.45, 7) is 3.80. The zero-order chi connectivity index (χ0) is 25.4. The van der Waals surface area contributed by atoms with Gasteiger partial charge in [-0.2, -0.15) is 9.61 Å². The number of fused-ring (bicyclic) bond motifs is 1. The van der Waals surface area contributed by atoms with Gasteiger partial charge in [0.05, 0.1) is 18.0 Å². The molecule has 5 rings (SSSR count). The third-order valence-electron chi connectivity index (χ3n) is 6.36. The van der Waals surface area contributed by atoms with Crippen LogP contribution in [0, 0.1) is 5.92 Å². The number of hydrogen-bond acceptors (Lipinski definition) is 8. The Labute approximate surface area is 208 Å². The summed E-state index contributed by atoms with van der Waals surface area (Å²) in [6, 6.07) is 2.27. The lowest BCUT2D eigenvalue weighted by Crippen LogP contribution is -2.41. The summed E-state index contributed by atoms with van der Waals surface area (Å²) in [4.78, 5) is 25.9. The summed E-state index contributed by atoms with van der Waals surface area (Å²) in [5.74, 6) is 0.635. The highest BCUT2D eigenvalue weighted by atomic mass is 32.2. The molecular formula is C23H32N8O4S. The summed E-state index contributed by atoms with van der Waals surface area (Å²) in [5, 5.41) is 18.5. The number of rotatable bonds is 8. The highest BCUT2D eigenvalue weighted by molar-refractivity contribution is 7.89. The fraction of sp³-hybridized carbons (Fsp3) is 0.565. The first kappa shape index (κ1) is 24.5. The minimum Gasteiger partial charge on any atom is -0.493 e. The maximum Gasteiger partial charge on any atom is 0.326 e. The number of H-pyrrole nitrogens is 2. The highest BCUT2D eigenvalue weighted by Gasteiger charge is 2.26. The molecular weight excluding hydrogens is 484 g/mol. The minimum atomic E-state index is -3.27. The molecule has 0 bridgehead atoms. The molecule has 2 aliphatic carbocycles. The van der Waals surface area contributed by atoms with Gasteiger partial charge in [0.1, 0.15) is 11.5 Å². The summed E-state index contributed by atoms with van der Waals surface area (Å²) >= 11 is 0. The van der Waals surface area contributed by atoms with Crippen LogP contribution in [0.2, 0.25) is 0 Å². The van der Waals surface area contributed by atoms with Gasteiger partial charge >= 0.3 is 5.69 Å². The van der Waals surface area contributed by atoms with Gasteiger partial charge in [-0.05, 0) is 50.5 Å². The van der Waals surface area contributed by atoms with Crippen LogP contribution in [0.25, 0.3) is 11.7 Å². The molecule has 194 valence electrons. The van der Waals surface area contributed by atoms with Gasteiger partial charge in [0.25, 0.3) is 0 Å². The molecule has 3 heterocycles. The molecule has 0 radical (unpaired) electrons. The van der Waals surface area contributed by atoms with Crippen LogP contribution in [0.15, 0.2) is 22.1 Å². The zero-order valence-corrected chi connectivity index (χ0v) is 21.2. The van der Waals surface area contributed by atoms with Gasteiger partial charge in [-0.1, -0.05) is 13.8 Å². The largest absolute Gasteiger partial charge is 0.493 e. The van der Waals surface area contributed by atoms with Crippen LogP contribution in [-0.4, -0.2) is 62.0 Å². The van der Waals surface area contributed by atoms with Crippen molar-refractivity contribution in [3.8, 4) is 5.88 Å². The molecule has 36 heavy (non-hydrogen) atoms. The molecule has 2 saturated carbocycles. The van der Waals surface area contributed by atoms with Crippen molar-refractivity contribution < 1.29 is 13.5 Å². The molecule has 13 heteroatoms. The molecule has 3 aromatic rings. The van der Waals surface area contributed by atoms with Crippen molar-refractivity contribution in [3.05, 3.63) is 39.1 Å². The van der Waals surface area contributed by atoms with Crippen molar-refractivity contribution in [2.45, 2.75) is 70.5 Å². The second kappa shape index (κ2) is 9.69. The standard InChI is InChI=1S/C23H32N8O4S/c1-13(2)12-36(34,35)30-17-7-5-15(6-8-17)25-19-10-20(26-16-3-4-16)31-21(28-19)14(11-24-31)9-18-22(32)29-23(33)27-18/h9-11,13,15-17,25,30,32H,3-8,12H2,1-2H3,(H2,27,29,33)/b14-9+,26-20?. The van der Waals surface area contributed by atoms with Crippen molar-refractivity contribution in [3.63, 3.8) is 0 Å². The van der Waals surface area contributed by atoms with Gasteiger partial charge < -0.3 is 15.4 Å². The Bertz CT molecular complexity index is 1530. The molecule has 0 aromatic carbocycles. The van der Waals surface area contributed by atoms with E-state index in [0.29, 0.717) is 22.2 Å². The fourth-order valence-electron chi connectivity index (χ4n) is 4.58. The average Bonchev–Trinajstić information content (AvgIpc) is 3.42. The van der Waals surface area contributed by atoms with E-state index in [1.165, 1.54) is 0 Å². The number of anilines is 1. The molecule has 0 atom stereocenters. The number of nitrogens with one attached hydrogen (secondary N) is 4. The minimum absolute atomic E-state index is 0.0464. The van der Waals surface area contributed by atoms with E-state index in [-0.39, 0.29) is 41.4 Å². The van der Waals surface area contributed by atoms with Crippen molar-refractivity contribution in [1.82, 2.24) is 29.3 Å². The number of hydrogen-bond donors (Lipinski definition) is 5. The third kappa shape index (κ3) is 5.78. The first-order valence-electron chi connectivity index (χ1n) is 12.4. The molecule has 0 amide bonds. The van der Waals surface area contributed by atoms with Crippen LogP contribution in [0.1, 0.15) is 58.1 Å². The molecule has 2 fully saturated rings. The lowest BCUT2D eigenvalue weighted by molar-refractivity contribution is 0.386. The maximum absolute atomic E-state index is 12.3. The smallest absolute Gasteiger partial charge is 0.326 e. The summed E-state index contributed by atoms with van der Waals surface area (Å²) < 4.78 is 29.1. The number of sulfonamides is 1. The molecule has 0 saturated heterocycles. The van der Waals surface area contributed by atoms with E-state index >= 15 is 0 Å². The Hall–Kier alpha value is -3.19. The zero-order valence-electron chi connectivity index (χ0n) is 20.4. The monoisotopic (exact) mass is 516 g/mol. The van der Waals surface area contributed by atoms with Crippen LogP contribution >= 0.6 is 0 Å². The van der Waals surface area contributed by atoms with E-state index < -0.39 is 15.7 Å². The van der Waals surface area contributed by atoms with E-state index in [9.17, 15) is 18.3 Å². The predicted octanol–water partition coefficient (Wildman–Crippen LogP) is 0.361. The van der Waals surface area contributed by atoms with Crippen molar-refractivity contribution in [2.75, 3.05) is 11.1 Å². The lowest BCUT2D eigenvalue weighted by Gasteiger charge is -2.30. The lowest BCUT2D eigenvalue weighted by atomic mass is 9.92. The fourth-order valence-corrected chi connectivity index (χ4v) is 6.29. The topological polar surface area (TPSA) is 170 Å². The molecule has 0 unspecified atom stereocenters. The molecule has 3 aromatic heterocycles. The maximum atomic E-state index is 12.3. The van der Waals surface area contributed by atoms with Crippen LogP contribution in [0.4, 0.5) is 5.82 Å². The molecule has 2 aliphatic rings. The molecule has 0 aliphatic heterocycles. The molecule has 0 spiro atoms. The first-order valence-corrected chi connectivity index (χ1v) is 14.0. The number of aromatic nitrogens is 5. The third-order valence-corrected chi connectivity index (χ3v) is 8.15. The van der Waals surface area contributed by atoms with Gasteiger partial charge in [-0.25, -0.2) is 22.9 Å². The van der Waals surface area contributed by atoms with E-state index in [0.717, 1.165) is 38.5 Å². The first-order chi connectivity index (χ1) is 17.1. The Balaban J connectivity index is 1.38. The van der Waals surface area contributed by atoms with Gasteiger partial charge in [0, 0.05) is 23.4 Å². The number of imidazole rings is 1. The van der Waals surface area contributed by atoms with Gasteiger partial charge in [0.15, 0.2) is 11.1 Å². The number of aromatic hydroxyl groups is 1. The number of aromatic amines is 2. The van der Waals surface area contributed by atoms with Crippen molar-refractivity contribution in [1.29, 1.82) is 0 Å². The van der Waals surface area contributed by atoms with Gasteiger partial charge in [-0.15, -0.1) is 0 Å². The van der Waals surface area contributed by atoms with Crippen molar-refractivity contribution in [2.24, 2.45) is 10.9 Å². The van der Waals surface area contributed by atoms with Crippen LogP contribution < -0.4 is 26.4 Å². The normalized spacial score (nSPS) is 22.1. The van der Waals surface area contributed by atoms with E-state index in [1.807, 2.05) is 19.9 Å². The number of nitrogens with zero attached hydrogens (tertiary/aromatic N) is 4. The van der Waals surface area contributed by atoms with Gasteiger partial charge in [-0.3, -0.25) is 9.98 Å².